The van der Waals surface area contributed by atoms with Gasteiger partial charge in [-0.05, 0) is 32.2 Å². The van der Waals surface area contributed by atoms with Crippen molar-refractivity contribution in [2.24, 2.45) is 0 Å². The van der Waals surface area contributed by atoms with Gasteiger partial charge in [-0.2, -0.15) is 0 Å². The van der Waals surface area contributed by atoms with E-state index in [1.807, 2.05) is 0 Å². The summed E-state index contributed by atoms with van der Waals surface area (Å²) in [5, 5.41) is 3.55. The minimum Gasteiger partial charge on any atom is -0.382 e. The Labute approximate surface area is 105 Å². The van der Waals surface area contributed by atoms with Gasteiger partial charge in [0.15, 0.2) is 0 Å². The highest BCUT2D eigenvalue weighted by Gasteiger charge is 2.24. The Morgan fingerprint density at radius 3 is 2.71 bits per heavy atom. The van der Waals surface area contributed by atoms with Crippen LogP contribution in [0.15, 0.2) is 0 Å². The minimum atomic E-state index is 0.426. The van der Waals surface area contributed by atoms with Gasteiger partial charge in [-0.1, -0.05) is 6.92 Å². The third-order valence-electron chi connectivity index (χ3n) is 3.08. The normalized spacial score (nSPS) is 24.4. The summed E-state index contributed by atoms with van der Waals surface area (Å²) in [5.74, 6) is 0. The molecular formula is C13H27NO3. The highest BCUT2D eigenvalue weighted by molar-refractivity contribution is 4.80. The topological polar surface area (TPSA) is 39.7 Å². The van der Waals surface area contributed by atoms with Crippen LogP contribution in [-0.4, -0.2) is 52.2 Å². The molecule has 0 spiro atoms. The monoisotopic (exact) mass is 245 g/mol. The minimum absolute atomic E-state index is 0.426. The predicted octanol–water partition coefficient (Wildman–Crippen LogP) is 1.59. The molecule has 2 unspecified atom stereocenters. The van der Waals surface area contributed by atoms with Crippen molar-refractivity contribution < 1.29 is 14.2 Å². The molecule has 2 atom stereocenters. The van der Waals surface area contributed by atoms with Crippen LogP contribution in [0.1, 0.15) is 32.6 Å². The second-order valence-corrected chi connectivity index (χ2v) is 4.56. The zero-order valence-corrected chi connectivity index (χ0v) is 11.2. The van der Waals surface area contributed by atoms with Crippen LogP contribution in [0, 0.1) is 0 Å². The summed E-state index contributed by atoms with van der Waals surface area (Å²) in [4.78, 5) is 0. The number of ether oxygens (including phenoxy) is 3. The van der Waals surface area contributed by atoms with E-state index in [1.54, 1.807) is 7.11 Å². The smallest absolute Gasteiger partial charge is 0.0704 e. The molecule has 1 fully saturated rings. The lowest BCUT2D eigenvalue weighted by Crippen LogP contribution is -2.28. The maximum Gasteiger partial charge on any atom is 0.0704 e. The Morgan fingerprint density at radius 1 is 1.12 bits per heavy atom. The molecule has 1 rings (SSSR count). The fourth-order valence-electron chi connectivity index (χ4n) is 2.14. The Hall–Kier alpha value is -0.160. The molecule has 1 aliphatic carbocycles. The van der Waals surface area contributed by atoms with Gasteiger partial charge in [0, 0.05) is 13.2 Å². The highest BCUT2D eigenvalue weighted by Crippen LogP contribution is 2.21. The van der Waals surface area contributed by atoms with Gasteiger partial charge in [0.25, 0.3) is 0 Å². The number of hydrogen-bond acceptors (Lipinski definition) is 4. The molecule has 1 aliphatic rings. The fourth-order valence-corrected chi connectivity index (χ4v) is 2.14. The summed E-state index contributed by atoms with van der Waals surface area (Å²) in [7, 11) is 1.68. The first kappa shape index (κ1) is 14.9. The summed E-state index contributed by atoms with van der Waals surface area (Å²) in [6.45, 7) is 6.02. The van der Waals surface area contributed by atoms with Gasteiger partial charge in [0.05, 0.1) is 32.5 Å². The molecule has 0 amide bonds. The average molecular weight is 245 g/mol. The van der Waals surface area contributed by atoms with Gasteiger partial charge >= 0.3 is 0 Å². The van der Waals surface area contributed by atoms with Crippen LogP contribution in [0.4, 0.5) is 0 Å². The van der Waals surface area contributed by atoms with Gasteiger partial charge in [-0.15, -0.1) is 0 Å². The van der Waals surface area contributed by atoms with Crippen molar-refractivity contribution in [3.63, 3.8) is 0 Å². The van der Waals surface area contributed by atoms with Crippen LogP contribution in [0.2, 0.25) is 0 Å². The van der Waals surface area contributed by atoms with E-state index in [9.17, 15) is 0 Å². The Morgan fingerprint density at radius 2 is 1.94 bits per heavy atom. The number of rotatable bonds is 10. The molecule has 0 aliphatic heterocycles. The third kappa shape index (κ3) is 6.99. The molecule has 17 heavy (non-hydrogen) atoms. The third-order valence-corrected chi connectivity index (χ3v) is 3.08. The molecule has 1 N–H and O–H groups in total. The molecule has 0 saturated heterocycles. The first-order valence-corrected chi connectivity index (χ1v) is 6.78. The maximum atomic E-state index is 5.79. The maximum absolute atomic E-state index is 5.79. The SMILES string of the molecule is CCCNC1CCC(OCCOCCOC)C1. The standard InChI is InChI=1S/C13H27NO3/c1-3-6-14-12-4-5-13(11-12)17-10-9-16-8-7-15-2/h12-14H,3-11H2,1-2H3. The van der Waals surface area contributed by atoms with Crippen LogP contribution in [0.25, 0.3) is 0 Å². The summed E-state index contributed by atoms with van der Waals surface area (Å²) in [5.41, 5.74) is 0. The van der Waals surface area contributed by atoms with Crippen molar-refractivity contribution in [2.75, 3.05) is 40.1 Å². The second kappa shape index (κ2) is 9.83. The quantitative estimate of drug-likeness (QED) is 0.593. The lowest BCUT2D eigenvalue weighted by molar-refractivity contribution is -0.00443. The van der Waals surface area contributed by atoms with Crippen molar-refractivity contribution in [1.82, 2.24) is 5.32 Å². The average Bonchev–Trinajstić information content (AvgIpc) is 2.79. The van der Waals surface area contributed by atoms with E-state index in [1.165, 1.54) is 19.3 Å². The molecule has 1 saturated carbocycles. The van der Waals surface area contributed by atoms with E-state index < -0.39 is 0 Å². The van der Waals surface area contributed by atoms with Crippen molar-refractivity contribution in [3.8, 4) is 0 Å². The van der Waals surface area contributed by atoms with Gasteiger partial charge < -0.3 is 19.5 Å². The molecule has 102 valence electrons. The van der Waals surface area contributed by atoms with Crippen molar-refractivity contribution in [2.45, 2.75) is 44.8 Å². The molecule has 0 radical (unpaired) electrons. The molecule has 0 heterocycles. The highest BCUT2D eigenvalue weighted by atomic mass is 16.5. The van der Waals surface area contributed by atoms with Gasteiger partial charge in [0.1, 0.15) is 0 Å². The van der Waals surface area contributed by atoms with E-state index in [4.69, 9.17) is 14.2 Å². The summed E-state index contributed by atoms with van der Waals surface area (Å²) >= 11 is 0. The zero-order chi connectivity index (χ0) is 12.3. The summed E-state index contributed by atoms with van der Waals surface area (Å²) in [6.07, 6.45) is 5.21. The first-order valence-electron chi connectivity index (χ1n) is 6.78. The second-order valence-electron chi connectivity index (χ2n) is 4.56. The Kier molecular flexibility index (Phi) is 8.61. The van der Waals surface area contributed by atoms with Crippen molar-refractivity contribution >= 4 is 0 Å². The first-order chi connectivity index (χ1) is 8.36. The predicted molar refractivity (Wildman–Crippen MR) is 68.4 cm³/mol. The lowest BCUT2D eigenvalue weighted by atomic mass is 10.2. The number of hydrogen-bond donors (Lipinski definition) is 1. The van der Waals surface area contributed by atoms with Crippen LogP contribution in [-0.2, 0) is 14.2 Å². The van der Waals surface area contributed by atoms with Crippen molar-refractivity contribution in [1.29, 1.82) is 0 Å². The molecule has 4 heteroatoms. The molecule has 0 aromatic rings. The summed E-state index contributed by atoms with van der Waals surface area (Å²) in [6, 6.07) is 0.661. The van der Waals surface area contributed by atoms with Gasteiger partial charge in [-0.3, -0.25) is 0 Å². The molecule has 4 nitrogen and oxygen atoms in total. The van der Waals surface area contributed by atoms with Gasteiger partial charge in [0.2, 0.25) is 0 Å². The number of methoxy groups -OCH3 is 1. The Balaban J connectivity index is 1.91. The Bertz CT molecular complexity index is 178. The van der Waals surface area contributed by atoms with E-state index in [0.29, 0.717) is 38.6 Å². The van der Waals surface area contributed by atoms with E-state index in [0.717, 1.165) is 13.0 Å². The number of nitrogens with one attached hydrogen (secondary N) is 1. The fraction of sp³-hybridized carbons (Fsp3) is 1.00. The summed E-state index contributed by atoms with van der Waals surface area (Å²) < 4.78 is 16.0. The largest absolute Gasteiger partial charge is 0.382 e. The zero-order valence-electron chi connectivity index (χ0n) is 11.2. The molecule has 0 bridgehead atoms. The van der Waals surface area contributed by atoms with E-state index >= 15 is 0 Å². The molecular weight excluding hydrogens is 218 g/mol. The molecule has 0 aromatic heterocycles. The van der Waals surface area contributed by atoms with Crippen molar-refractivity contribution in [3.05, 3.63) is 0 Å². The van der Waals surface area contributed by atoms with E-state index in [-0.39, 0.29) is 0 Å². The van der Waals surface area contributed by atoms with Crippen LogP contribution in [0.3, 0.4) is 0 Å². The molecule has 0 aromatic carbocycles. The lowest BCUT2D eigenvalue weighted by Gasteiger charge is -2.13. The van der Waals surface area contributed by atoms with Crippen LogP contribution >= 0.6 is 0 Å². The van der Waals surface area contributed by atoms with E-state index in [2.05, 4.69) is 12.2 Å². The van der Waals surface area contributed by atoms with Crippen LogP contribution < -0.4 is 5.32 Å². The van der Waals surface area contributed by atoms with Gasteiger partial charge in [-0.25, -0.2) is 0 Å². The van der Waals surface area contributed by atoms with Crippen LogP contribution in [0.5, 0.6) is 0 Å².